The van der Waals surface area contributed by atoms with Gasteiger partial charge in [0.2, 0.25) is 0 Å². The van der Waals surface area contributed by atoms with Gasteiger partial charge in [-0.15, -0.1) is 0 Å². The molecule has 5 heteroatoms. The van der Waals surface area contributed by atoms with E-state index in [4.69, 9.17) is 0 Å². The first kappa shape index (κ1) is 11.3. The van der Waals surface area contributed by atoms with E-state index in [1.165, 1.54) is 17.7 Å². The molecule has 5 nitrogen and oxygen atoms in total. The Hall–Kier alpha value is -1.75. The van der Waals surface area contributed by atoms with Crippen LogP contribution in [0.5, 0.6) is 0 Å². The van der Waals surface area contributed by atoms with Crippen molar-refractivity contribution >= 4 is 0 Å². The van der Waals surface area contributed by atoms with Gasteiger partial charge in [-0.3, -0.25) is 10.00 Å². The molecule has 0 bridgehead atoms. The molecule has 2 aromatic rings. The van der Waals surface area contributed by atoms with Gasteiger partial charge in [-0.2, -0.15) is 5.10 Å². The summed E-state index contributed by atoms with van der Waals surface area (Å²) in [7, 11) is 0. The minimum absolute atomic E-state index is 0.582. The second kappa shape index (κ2) is 4.86. The number of nitrogens with one attached hydrogen (secondary N) is 1. The number of nitrogens with zero attached hydrogens (tertiary/aromatic N) is 4. The van der Waals surface area contributed by atoms with Crippen LogP contribution < -0.4 is 0 Å². The van der Waals surface area contributed by atoms with Crippen molar-refractivity contribution < 1.29 is 0 Å². The second-order valence-electron chi connectivity index (χ2n) is 4.87. The molecule has 1 fully saturated rings. The molecule has 0 spiro atoms. The van der Waals surface area contributed by atoms with Gasteiger partial charge in [-0.05, 0) is 26.0 Å². The molecule has 1 aliphatic rings. The van der Waals surface area contributed by atoms with Crippen LogP contribution >= 0.6 is 0 Å². The van der Waals surface area contributed by atoms with Crippen LogP contribution in [0.3, 0.4) is 0 Å². The summed E-state index contributed by atoms with van der Waals surface area (Å²) in [6.45, 7) is 5.05. The number of likely N-dealkylation sites (tertiary alicyclic amines) is 1. The topological polar surface area (TPSA) is 57.7 Å². The van der Waals surface area contributed by atoms with Crippen LogP contribution in [0.25, 0.3) is 0 Å². The number of H-pyrrole nitrogens is 1. The standard InChI is InChI=1S/C13H17N5/c1-10-14-6-11(7-15-10)8-18-5-3-12(9-18)13-2-4-16-17-13/h2,4,6-7,12H,3,5,8-9H2,1H3,(H,16,17)/t12-/m1/s1. The first-order chi connectivity index (χ1) is 8.81. The number of aryl methyl sites for hydroxylation is 1. The maximum absolute atomic E-state index is 4.24. The fraction of sp³-hybridized carbons (Fsp3) is 0.462. The van der Waals surface area contributed by atoms with E-state index >= 15 is 0 Å². The van der Waals surface area contributed by atoms with Gasteiger partial charge in [-0.1, -0.05) is 0 Å². The van der Waals surface area contributed by atoms with Crippen molar-refractivity contribution in [2.75, 3.05) is 13.1 Å². The Morgan fingerprint density at radius 1 is 1.39 bits per heavy atom. The van der Waals surface area contributed by atoms with E-state index in [1.54, 1.807) is 0 Å². The number of hydrogen-bond donors (Lipinski definition) is 1. The molecule has 0 radical (unpaired) electrons. The molecule has 1 aliphatic heterocycles. The van der Waals surface area contributed by atoms with Crippen molar-refractivity contribution in [3.05, 3.63) is 41.7 Å². The maximum atomic E-state index is 4.24. The van der Waals surface area contributed by atoms with Crippen molar-refractivity contribution in [3.63, 3.8) is 0 Å². The minimum atomic E-state index is 0.582. The molecule has 0 saturated carbocycles. The van der Waals surface area contributed by atoms with Gasteiger partial charge >= 0.3 is 0 Å². The zero-order valence-corrected chi connectivity index (χ0v) is 10.5. The molecule has 1 atom stereocenters. The number of aromatic nitrogens is 4. The fourth-order valence-corrected chi connectivity index (χ4v) is 2.48. The van der Waals surface area contributed by atoms with Crippen molar-refractivity contribution in [1.29, 1.82) is 0 Å². The van der Waals surface area contributed by atoms with E-state index in [0.717, 1.165) is 25.5 Å². The Morgan fingerprint density at radius 2 is 2.22 bits per heavy atom. The predicted octanol–water partition coefficient (Wildman–Crippen LogP) is 1.50. The molecular formula is C13H17N5. The van der Waals surface area contributed by atoms with Crippen LogP contribution in [0, 0.1) is 6.92 Å². The summed E-state index contributed by atoms with van der Waals surface area (Å²) in [6.07, 6.45) is 6.86. The van der Waals surface area contributed by atoms with Crippen LogP contribution in [0.4, 0.5) is 0 Å². The van der Waals surface area contributed by atoms with E-state index in [9.17, 15) is 0 Å². The van der Waals surface area contributed by atoms with E-state index in [0.29, 0.717) is 5.92 Å². The van der Waals surface area contributed by atoms with Crippen molar-refractivity contribution in [1.82, 2.24) is 25.1 Å². The van der Waals surface area contributed by atoms with E-state index in [1.807, 2.05) is 25.5 Å². The third kappa shape index (κ3) is 2.41. The average Bonchev–Trinajstić information content (AvgIpc) is 3.02. The van der Waals surface area contributed by atoms with Crippen molar-refractivity contribution in [3.8, 4) is 0 Å². The van der Waals surface area contributed by atoms with Crippen molar-refractivity contribution in [2.45, 2.75) is 25.8 Å². The molecule has 18 heavy (non-hydrogen) atoms. The van der Waals surface area contributed by atoms with E-state index < -0.39 is 0 Å². The first-order valence-electron chi connectivity index (χ1n) is 6.30. The molecule has 0 unspecified atom stereocenters. The highest BCUT2D eigenvalue weighted by atomic mass is 15.2. The first-order valence-corrected chi connectivity index (χ1v) is 6.30. The van der Waals surface area contributed by atoms with Gasteiger partial charge < -0.3 is 0 Å². The highest BCUT2D eigenvalue weighted by Crippen LogP contribution is 2.26. The Balaban J connectivity index is 1.61. The average molecular weight is 243 g/mol. The minimum Gasteiger partial charge on any atom is -0.298 e. The lowest BCUT2D eigenvalue weighted by Crippen LogP contribution is -2.20. The van der Waals surface area contributed by atoms with Crippen LogP contribution in [0.15, 0.2) is 24.7 Å². The van der Waals surface area contributed by atoms with Gasteiger partial charge in [0.25, 0.3) is 0 Å². The lowest BCUT2D eigenvalue weighted by Gasteiger charge is -2.15. The Kier molecular flexibility index (Phi) is 3.06. The zero-order chi connectivity index (χ0) is 12.4. The lowest BCUT2D eigenvalue weighted by atomic mass is 10.1. The van der Waals surface area contributed by atoms with Gasteiger partial charge in [0, 0.05) is 48.9 Å². The normalized spacial score (nSPS) is 20.4. The summed E-state index contributed by atoms with van der Waals surface area (Å²) in [5.74, 6) is 1.41. The highest BCUT2D eigenvalue weighted by molar-refractivity contribution is 5.10. The molecule has 1 N–H and O–H groups in total. The summed E-state index contributed by atoms with van der Waals surface area (Å²) >= 11 is 0. The predicted molar refractivity (Wildman–Crippen MR) is 68.0 cm³/mol. The third-order valence-electron chi connectivity index (χ3n) is 3.48. The van der Waals surface area contributed by atoms with Gasteiger partial charge in [0.15, 0.2) is 0 Å². The van der Waals surface area contributed by atoms with Gasteiger partial charge in [0.05, 0.1) is 0 Å². The summed E-state index contributed by atoms with van der Waals surface area (Å²) in [5, 5.41) is 7.09. The van der Waals surface area contributed by atoms with Gasteiger partial charge in [0.1, 0.15) is 5.82 Å². The molecule has 2 aromatic heterocycles. The third-order valence-corrected chi connectivity index (χ3v) is 3.48. The van der Waals surface area contributed by atoms with E-state index in [-0.39, 0.29) is 0 Å². The number of hydrogen-bond acceptors (Lipinski definition) is 4. The van der Waals surface area contributed by atoms with Crippen LogP contribution in [-0.4, -0.2) is 38.2 Å². The fourth-order valence-electron chi connectivity index (χ4n) is 2.48. The van der Waals surface area contributed by atoms with Gasteiger partial charge in [-0.25, -0.2) is 9.97 Å². The smallest absolute Gasteiger partial charge is 0.125 e. The Morgan fingerprint density at radius 3 is 2.94 bits per heavy atom. The molecule has 0 amide bonds. The molecule has 3 heterocycles. The zero-order valence-electron chi connectivity index (χ0n) is 10.5. The van der Waals surface area contributed by atoms with Crippen LogP contribution in [0.2, 0.25) is 0 Å². The number of aromatic amines is 1. The van der Waals surface area contributed by atoms with Crippen molar-refractivity contribution in [2.24, 2.45) is 0 Å². The highest BCUT2D eigenvalue weighted by Gasteiger charge is 2.24. The molecular weight excluding hydrogens is 226 g/mol. The molecule has 3 rings (SSSR count). The molecule has 0 aliphatic carbocycles. The monoisotopic (exact) mass is 243 g/mol. The van der Waals surface area contributed by atoms with Crippen LogP contribution in [-0.2, 0) is 6.54 Å². The summed E-state index contributed by atoms with van der Waals surface area (Å²) in [5.41, 5.74) is 2.43. The largest absolute Gasteiger partial charge is 0.298 e. The molecule has 94 valence electrons. The lowest BCUT2D eigenvalue weighted by molar-refractivity contribution is 0.325. The molecule has 1 saturated heterocycles. The Labute approximate surface area is 106 Å². The summed E-state index contributed by atoms with van der Waals surface area (Å²) < 4.78 is 0. The second-order valence-corrected chi connectivity index (χ2v) is 4.87. The van der Waals surface area contributed by atoms with E-state index in [2.05, 4.69) is 31.1 Å². The quantitative estimate of drug-likeness (QED) is 0.887. The van der Waals surface area contributed by atoms with Crippen LogP contribution in [0.1, 0.15) is 29.4 Å². The summed E-state index contributed by atoms with van der Waals surface area (Å²) in [6, 6.07) is 2.07. The maximum Gasteiger partial charge on any atom is 0.125 e. The molecule has 0 aromatic carbocycles. The SMILES string of the molecule is Cc1ncc(CN2CC[C@@H](c3ccn[nH]3)C2)cn1. The Bertz CT molecular complexity index is 491. The summed E-state index contributed by atoms with van der Waals surface area (Å²) in [4.78, 5) is 10.9. The number of rotatable bonds is 3.